The van der Waals surface area contributed by atoms with Crippen LogP contribution < -0.4 is 9.62 Å². The van der Waals surface area contributed by atoms with Crippen molar-refractivity contribution >= 4 is 27.5 Å². The number of aliphatic carboxylic acids is 1. The molecule has 0 saturated carbocycles. The van der Waals surface area contributed by atoms with E-state index in [0.717, 1.165) is 5.69 Å². The first-order valence-corrected chi connectivity index (χ1v) is 9.79. The third-order valence-corrected chi connectivity index (χ3v) is 5.62. The predicted octanol–water partition coefficient (Wildman–Crippen LogP) is 1.63. The van der Waals surface area contributed by atoms with Gasteiger partial charge in [0.1, 0.15) is 11.8 Å². The summed E-state index contributed by atoms with van der Waals surface area (Å²) in [4.78, 5) is 24.6. The molecule has 0 unspecified atom stereocenters. The first kappa shape index (κ1) is 19.4. The highest BCUT2D eigenvalue weighted by molar-refractivity contribution is 7.89. The Balaban J connectivity index is 2.11. The van der Waals surface area contributed by atoms with Gasteiger partial charge >= 0.3 is 5.97 Å². The van der Waals surface area contributed by atoms with Gasteiger partial charge in [-0.15, -0.1) is 0 Å². The maximum atomic E-state index is 12.4. The zero-order valence-electron chi connectivity index (χ0n) is 14.4. The molecule has 0 spiro atoms. The van der Waals surface area contributed by atoms with Gasteiger partial charge in [-0.2, -0.15) is 4.72 Å². The number of piperidine rings is 1. The Morgan fingerprint density at radius 3 is 2.24 bits per heavy atom. The molecule has 1 fully saturated rings. The number of nitrogens with zero attached hydrogens (tertiary/aromatic N) is 1. The van der Waals surface area contributed by atoms with Crippen LogP contribution in [-0.2, 0) is 19.6 Å². The number of carbonyl (C=O) groups excluding carboxylic acids is 1. The average molecular weight is 368 g/mol. The standard InChI is InChI=1S/C17H24N2O5S/c1-12(2)11-16(17(21)22)18-25(23,24)15-5-3-13(4-6-15)19-9-7-14(20)8-10-19/h3-6,12,16,18H,7-11H2,1-2H3,(H,21,22)/t16-/m0/s1. The van der Waals surface area contributed by atoms with Gasteiger partial charge in [-0.05, 0) is 36.6 Å². The van der Waals surface area contributed by atoms with Crippen LogP contribution in [0.2, 0.25) is 0 Å². The fraction of sp³-hybridized carbons (Fsp3) is 0.529. The molecule has 25 heavy (non-hydrogen) atoms. The molecule has 1 aromatic rings. The fourth-order valence-corrected chi connectivity index (χ4v) is 3.98. The maximum absolute atomic E-state index is 12.4. The summed E-state index contributed by atoms with van der Waals surface area (Å²) in [7, 11) is -3.91. The van der Waals surface area contributed by atoms with Crippen LogP contribution in [0.5, 0.6) is 0 Å². The molecule has 8 heteroatoms. The summed E-state index contributed by atoms with van der Waals surface area (Å²) in [5.41, 5.74) is 0.850. The Kier molecular flexibility index (Phi) is 6.18. The number of sulfonamides is 1. The van der Waals surface area contributed by atoms with Gasteiger partial charge in [-0.3, -0.25) is 9.59 Å². The zero-order valence-corrected chi connectivity index (χ0v) is 15.3. The molecule has 7 nitrogen and oxygen atoms in total. The van der Waals surface area contributed by atoms with E-state index in [2.05, 4.69) is 4.72 Å². The van der Waals surface area contributed by atoms with Crippen molar-refractivity contribution in [2.24, 2.45) is 5.92 Å². The molecule has 0 amide bonds. The summed E-state index contributed by atoms with van der Waals surface area (Å²) in [6.07, 6.45) is 1.21. The molecule has 0 aliphatic carbocycles. The van der Waals surface area contributed by atoms with Crippen LogP contribution in [0.25, 0.3) is 0 Å². The molecule has 1 aromatic carbocycles. The van der Waals surface area contributed by atoms with E-state index in [1.54, 1.807) is 12.1 Å². The Hall–Kier alpha value is -1.93. The first-order chi connectivity index (χ1) is 11.7. The lowest BCUT2D eigenvalue weighted by atomic mass is 10.1. The lowest BCUT2D eigenvalue weighted by molar-refractivity contribution is -0.139. The SMILES string of the molecule is CC(C)C[C@H](NS(=O)(=O)c1ccc(N2CCC(=O)CC2)cc1)C(=O)O. The molecule has 2 N–H and O–H groups in total. The number of Topliss-reactive ketones (excluding diaryl/α,β-unsaturated/α-hetero) is 1. The Morgan fingerprint density at radius 1 is 1.20 bits per heavy atom. The number of nitrogens with one attached hydrogen (secondary N) is 1. The second kappa shape index (κ2) is 7.97. The van der Waals surface area contributed by atoms with E-state index in [0.29, 0.717) is 25.9 Å². The van der Waals surface area contributed by atoms with Crippen LogP contribution in [0.4, 0.5) is 5.69 Å². The molecular weight excluding hydrogens is 344 g/mol. The summed E-state index contributed by atoms with van der Waals surface area (Å²) < 4.78 is 27.1. The van der Waals surface area contributed by atoms with Crippen molar-refractivity contribution in [1.82, 2.24) is 4.72 Å². The van der Waals surface area contributed by atoms with Gasteiger partial charge in [0, 0.05) is 31.6 Å². The van der Waals surface area contributed by atoms with Crippen LogP contribution >= 0.6 is 0 Å². The summed E-state index contributed by atoms with van der Waals surface area (Å²) in [6, 6.07) is 5.13. The lowest BCUT2D eigenvalue weighted by Gasteiger charge is -2.28. The second-order valence-corrected chi connectivity index (χ2v) is 8.38. The molecule has 0 radical (unpaired) electrons. The smallest absolute Gasteiger partial charge is 0.321 e. The van der Waals surface area contributed by atoms with Gasteiger partial charge in [0.15, 0.2) is 0 Å². The minimum atomic E-state index is -3.91. The van der Waals surface area contributed by atoms with Crippen LogP contribution in [0.3, 0.4) is 0 Å². The Bertz CT molecular complexity index is 718. The van der Waals surface area contributed by atoms with Gasteiger partial charge in [0.25, 0.3) is 0 Å². The van der Waals surface area contributed by atoms with Crippen molar-refractivity contribution in [3.8, 4) is 0 Å². The van der Waals surface area contributed by atoms with Crippen LogP contribution in [0.15, 0.2) is 29.2 Å². The highest BCUT2D eigenvalue weighted by atomic mass is 32.2. The van der Waals surface area contributed by atoms with Crippen molar-refractivity contribution in [2.75, 3.05) is 18.0 Å². The number of hydrogen-bond donors (Lipinski definition) is 2. The van der Waals surface area contributed by atoms with Gasteiger partial charge < -0.3 is 10.0 Å². The lowest BCUT2D eigenvalue weighted by Crippen LogP contribution is -2.41. The highest BCUT2D eigenvalue weighted by Gasteiger charge is 2.26. The molecule has 138 valence electrons. The number of ketones is 1. The Labute approximate surface area is 148 Å². The number of carbonyl (C=O) groups is 2. The van der Waals surface area contributed by atoms with Crippen molar-refractivity contribution in [2.45, 2.75) is 44.0 Å². The number of carboxylic acids is 1. The van der Waals surface area contributed by atoms with E-state index in [1.165, 1.54) is 12.1 Å². The predicted molar refractivity (Wildman–Crippen MR) is 94.1 cm³/mol. The topological polar surface area (TPSA) is 104 Å². The molecule has 0 aromatic heterocycles. The van der Waals surface area contributed by atoms with Crippen molar-refractivity contribution in [3.63, 3.8) is 0 Å². The van der Waals surface area contributed by atoms with Gasteiger partial charge in [0.05, 0.1) is 4.90 Å². The summed E-state index contributed by atoms with van der Waals surface area (Å²) in [6.45, 7) is 4.92. The molecule has 1 aliphatic rings. The molecule has 1 saturated heterocycles. The average Bonchev–Trinajstić information content (AvgIpc) is 2.54. The van der Waals surface area contributed by atoms with Crippen molar-refractivity contribution < 1.29 is 23.1 Å². The normalized spacial score (nSPS) is 16.9. The number of rotatable bonds is 7. The van der Waals surface area contributed by atoms with E-state index in [-0.39, 0.29) is 23.0 Å². The molecule has 0 bridgehead atoms. The molecule has 1 heterocycles. The maximum Gasteiger partial charge on any atom is 0.321 e. The van der Waals surface area contributed by atoms with Crippen molar-refractivity contribution in [3.05, 3.63) is 24.3 Å². The van der Waals surface area contributed by atoms with Crippen LogP contribution in [0.1, 0.15) is 33.1 Å². The number of anilines is 1. The Morgan fingerprint density at radius 2 is 1.76 bits per heavy atom. The molecule has 2 rings (SSSR count). The van der Waals surface area contributed by atoms with E-state index < -0.39 is 22.0 Å². The van der Waals surface area contributed by atoms with Crippen LogP contribution in [-0.4, -0.2) is 44.4 Å². The summed E-state index contributed by atoms with van der Waals surface area (Å²) in [5, 5.41) is 9.21. The monoisotopic (exact) mass is 368 g/mol. The quantitative estimate of drug-likeness (QED) is 0.758. The first-order valence-electron chi connectivity index (χ1n) is 8.31. The zero-order chi connectivity index (χ0) is 18.6. The molecular formula is C17H24N2O5S. The highest BCUT2D eigenvalue weighted by Crippen LogP contribution is 2.21. The minimum absolute atomic E-state index is 0.0272. The third-order valence-electron chi connectivity index (χ3n) is 4.14. The van der Waals surface area contributed by atoms with Gasteiger partial charge in [-0.1, -0.05) is 13.8 Å². The number of benzene rings is 1. The molecule has 1 aliphatic heterocycles. The largest absolute Gasteiger partial charge is 0.480 e. The van der Waals surface area contributed by atoms with E-state index in [9.17, 15) is 23.1 Å². The third kappa shape index (κ3) is 5.27. The van der Waals surface area contributed by atoms with E-state index >= 15 is 0 Å². The molecule has 1 atom stereocenters. The fourth-order valence-electron chi connectivity index (χ4n) is 2.78. The van der Waals surface area contributed by atoms with E-state index in [1.807, 2.05) is 18.7 Å². The second-order valence-electron chi connectivity index (χ2n) is 6.66. The summed E-state index contributed by atoms with van der Waals surface area (Å²) in [5.74, 6) is -0.899. The van der Waals surface area contributed by atoms with Gasteiger partial charge in [-0.25, -0.2) is 8.42 Å². The van der Waals surface area contributed by atoms with Crippen LogP contribution in [0, 0.1) is 5.92 Å². The van der Waals surface area contributed by atoms with E-state index in [4.69, 9.17) is 0 Å². The van der Waals surface area contributed by atoms with Gasteiger partial charge in [0.2, 0.25) is 10.0 Å². The minimum Gasteiger partial charge on any atom is -0.480 e. The summed E-state index contributed by atoms with van der Waals surface area (Å²) >= 11 is 0. The number of carboxylic acid groups (broad SMARTS) is 1. The number of hydrogen-bond acceptors (Lipinski definition) is 5. The van der Waals surface area contributed by atoms with Crippen molar-refractivity contribution in [1.29, 1.82) is 0 Å².